The van der Waals surface area contributed by atoms with Crippen molar-refractivity contribution in [3.8, 4) is 0 Å². The Labute approximate surface area is 140 Å². The van der Waals surface area contributed by atoms with Crippen LogP contribution in [0.1, 0.15) is 25.0 Å². The summed E-state index contributed by atoms with van der Waals surface area (Å²) >= 11 is 0. The number of hydrogen-bond donors (Lipinski definition) is 1. The van der Waals surface area contributed by atoms with E-state index in [1.807, 2.05) is 31.2 Å². The van der Waals surface area contributed by atoms with Crippen molar-refractivity contribution in [1.29, 1.82) is 0 Å². The number of nitrogens with one attached hydrogen (secondary N) is 1. The minimum atomic E-state index is -3.29. The summed E-state index contributed by atoms with van der Waals surface area (Å²) in [4.78, 5) is 4.78. The van der Waals surface area contributed by atoms with E-state index >= 15 is 0 Å². The first-order valence-corrected chi connectivity index (χ1v) is 10.0. The molecule has 1 heterocycles. The standard InChI is InChI=1S/C17H29N3O2S/c1-4-19-8-10-20(11-9-19)16(3)13-18-23(21,22)14-17-7-5-6-15(2)12-17/h5-7,12,16,18H,4,8-11,13-14H2,1-3H3/t16-/m0/s1. The van der Waals surface area contributed by atoms with E-state index in [4.69, 9.17) is 0 Å². The van der Waals surface area contributed by atoms with Crippen molar-refractivity contribution in [2.75, 3.05) is 39.3 Å². The molecule has 1 atom stereocenters. The highest BCUT2D eigenvalue weighted by Gasteiger charge is 2.21. The first kappa shape index (κ1) is 18.4. The fourth-order valence-corrected chi connectivity index (χ4v) is 4.18. The molecule has 6 heteroatoms. The molecule has 1 N–H and O–H groups in total. The molecule has 1 aromatic rings. The number of benzene rings is 1. The summed E-state index contributed by atoms with van der Waals surface area (Å²) in [6.45, 7) is 12.0. The van der Waals surface area contributed by atoms with Crippen LogP contribution in [0.4, 0.5) is 0 Å². The maximum atomic E-state index is 12.3. The van der Waals surface area contributed by atoms with Crippen molar-refractivity contribution in [3.63, 3.8) is 0 Å². The molecular formula is C17H29N3O2S. The highest BCUT2D eigenvalue weighted by Crippen LogP contribution is 2.09. The second-order valence-corrected chi connectivity index (χ2v) is 8.22. The molecular weight excluding hydrogens is 310 g/mol. The predicted octanol–water partition coefficient (Wildman–Crippen LogP) is 1.44. The van der Waals surface area contributed by atoms with Gasteiger partial charge >= 0.3 is 0 Å². The van der Waals surface area contributed by atoms with E-state index in [1.54, 1.807) is 0 Å². The van der Waals surface area contributed by atoms with Crippen LogP contribution in [0.25, 0.3) is 0 Å². The molecule has 23 heavy (non-hydrogen) atoms. The smallest absolute Gasteiger partial charge is 0.215 e. The molecule has 1 aromatic carbocycles. The van der Waals surface area contributed by atoms with Gasteiger partial charge in [-0.25, -0.2) is 13.1 Å². The van der Waals surface area contributed by atoms with Gasteiger partial charge in [0.2, 0.25) is 10.0 Å². The van der Waals surface area contributed by atoms with Crippen LogP contribution in [-0.4, -0.2) is 63.5 Å². The molecule has 130 valence electrons. The summed E-state index contributed by atoms with van der Waals surface area (Å²) in [7, 11) is -3.29. The molecule has 0 amide bonds. The summed E-state index contributed by atoms with van der Waals surface area (Å²) < 4.78 is 27.3. The zero-order valence-corrected chi connectivity index (χ0v) is 15.3. The van der Waals surface area contributed by atoms with E-state index in [-0.39, 0.29) is 11.8 Å². The monoisotopic (exact) mass is 339 g/mol. The number of nitrogens with zero attached hydrogens (tertiary/aromatic N) is 2. The quantitative estimate of drug-likeness (QED) is 0.817. The van der Waals surface area contributed by atoms with Gasteiger partial charge in [-0.2, -0.15) is 0 Å². The van der Waals surface area contributed by atoms with Crippen LogP contribution in [0.3, 0.4) is 0 Å². The van der Waals surface area contributed by atoms with Crippen LogP contribution < -0.4 is 4.72 Å². The molecule has 0 aromatic heterocycles. The maximum Gasteiger partial charge on any atom is 0.215 e. The van der Waals surface area contributed by atoms with Gasteiger partial charge in [0.1, 0.15) is 0 Å². The maximum absolute atomic E-state index is 12.3. The Morgan fingerprint density at radius 1 is 1.22 bits per heavy atom. The number of rotatable bonds is 7. The first-order valence-electron chi connectivity index (χ1n) is 8.39. The lowest BCUT2D eigenvalue weighted by atomic mass is 10.2. The van der Waals surface area contributed by atoms with Crippen LogP contribution in [0.5, 0.6) is 0 Å². The lowest BCUT2D eigenvalue weighted by Gasteiger charge is -2.37. The molecule has 0 spiro atoms. The summed E-state index contributed by atoms with van der Waals surface area (Å²) in [6, 6.07) is 7.88. The Morgan fingerprint density at radius 2 is 1.91 bits per heavy atom. The van der Waals surface area contributed by atoms with Gasteiger partial charge in [0.15, 0.2) is 0 Å². The van der Waals surface area contributed by atoms with E-state index in [0.717, 1.165) is 43.9 Å². The normalized spacial score (nSPS) is 18.9. The van der Waals surface area contributed by atoms with Crippen molar-refractivity contribution in [2.45, 2.75) is 32.6 Å². The van der Waals surface area contributed by atoms with Gasteiger partial charge in [0.05, 0.1) is 5.75 Å². The Bertz CT molecular complexity index is 596. The van der Waals surface area contributed by atoms with Crippen LogP contribution in [0.15, 0.2) is 24.3 Å². The molecule has 1 aliphatic heterocycles. The summed E-state index contributed by atoms with van der Waals surface area (Å²) in [5.41, 5.74) is 1.92. The molecule has 0 unspecified atom stereocenters. The molecule has 2 rings (SSSR count). The number of aryl methyl sites for hydroxylation is 1. The zero-order chi connectivity index (χ0) is 16.9. The number of likely N-dealkylation sites (N-methyl/N-ethyl adjacent to an activating group) is 1. The fourth-order valence-electron chi connectivity index (χ4n) is 2.97. The molecule has 1 aliphatic rings. The fraction of sp³-hybridized carbons (Fsp3) is 0.647. The van der Waals surface area contributed by atoms with E-state index in [2.05, 4.69) is 28.4 Å². The molecule has 0 radical (unpaired) electrons. The van der Waals surface area contributed by atoms with E-state index in [1.165, 1.54) is 0 Å². The van der Waals surface area contributed by atoms with Gasteiger partial charge < -0.3 is 4.90 Å². The first-order chi connectivity index (χ1) is 10.9. The highest BCUT2D eigenvalue weighted by molar-refractivity contribution is 7.88. The van der Waals surface area contributed by atoms with Crippen LogP contribution in [0, 0.1) is 6.92 Å². The van der Waals surface area contributed by atoms with Gasteiger partial charge in [-0.05, 0) is 26.0 Å². The van der Waals surface area contributed by atoms with Crippen LogP contribution >= 0.6 is 0 Å². The number of hydrogen-bond acceptors (Lipinski definition) is 4. The van der Waals surface area contributed by atoms with Crippen molar-refractivity contribution in [1.82, 2.24) is 14.5 Å². The lowest BCUT2D eigenvalue weighted by molar-refractivity contribution is 0.107. The van der Waals surface area contributed by atoms with Gasteiger partial charge in [0.25, 0.3) is 0 Å². The summed E-state index contributed by atoms with van der Waals surface area (Å²) in [6.07, 6.45) is 0. The SMILES string of the molecule is CCN1CCN([C@@H](C)CNS(=O)(=O)Cc2cccc(C)c2)CC1. The lowest BCUT2D eigenvalue weighted by Crippen LogP contribution is -2.52. The van der Waals surface area contributed by atoms with Crippen molar-refractivity contribution in [3.05, 3.63) is 35.4 Å². The topological polar surface area (TPSA) is 52.6 Å². The third-order valence-corrected chi connectivity index (χ3v) is 5.84. The zero-order valence-electron chi connectivity index (χ0n) is 14.5. The Hall–Kier alpha value is -0.950. The molecule has 5 nitrogen and oxygen atoms in total. The van der Waals surface area contributed by atoms with E-state index in [0.29, 0.717) is 6.54 Å². The molecule has 0 bridgehead atoms. The third kappa shape index (κ3) is 5.88. The predicted molar refractivity (Wildman–Crippen MR) is 95.0 cm³/mol. The third-order valence-electron chi connectivity index (χ3n) is 4.52. The second kappa shape index (κ2) is 8.24. The average Bonchev–Trinajstić information content (AvgIpc) is 2.52. The minimum absolute atomic E-state index is 0.0466. The Morgan fingerprint density at radius 3 is 2.52 bits per heavy atom. The Kier molecular flexibility index (Phi) is 6.59. The molecule has 1 saturated heterocycles. The van der Waals surface area contributed by atoms with Crippen molar-refractivity contribution < 1.29 is 8.42 Å². The van der Waals surface area contributed by atoms with Gasteiger partial charge in [-0.15, -0.1) is 0 Å². The van der Waals surface area contributed by atoms with Gasteiger partial charge in [-0.3, -0.25) is 4.90 Å². The highest BCUT2D eigenvalue weighted by atomic mass is 32.2. The van der Waals surface area contributed by atoms with E-state index in [9.17, 15) is 8.42 Å². The van der Waals surface area contributed by atoms with Gasteiger partial charge in [-0.1, -0.05) is 36.8 Å². The minimum Gasteiger partial charge on any atom is -0.301 e. The van der Waals surface area contributed by atoms with E-state index < -0.39 is 10.0 Å². The molecule has 1 fully saturated rings. The molecule has 0 aliphatic carbocycles. The van der Waals surface area contributed by atoms with Gasteiger partial charge in [0, 0.05) is 38.8 Å². The summed E-state index contributed by atoms with van der Waals surface area (Å²) in [5.74, 6) is 0.0466. The largest absolute Gasteiger partial charge is 0.301 e. The second-order valence-electron chi connectivity index (χ2n) is 6.42. The van der Waals surface area contributed by atoms with Crippen molar-refractivity contribution in [2.24, 2.45) is 0 Å². The summed E-state index contributed by atoms with van der Waals surface area (Å²) in [5, 5.41) is 0. The average molecular weight is 340 g/mol. The Balaban J connectivity index is 1.82. The van der Waals surface area contributed by atoms with Crippen molar-refractivity contribution >= 4 is 10.0 Å². The number of sulfonamides is 1. The number of piperazine rings is 1. The van der Waals surface area contributed by atoms with Crippen LogP contribution in [-0.2, 0) is 15.8 Å². The molecule has 0 saturated carbocycles. The van der Waals surface area contributed by atoms with Crippen LogP contribution in [0.2, 0.25) is 0 Å².